The molecule has 0 aromatic heterocycles. The zero-order valence-corrected chi connectivity index (χ0v) is 9.87. The predicted molar refractivity (Wildman–Crippen MR) is 56.6 cm³/mol. The fourth-order valence-corrected chi connectivity index (χ4v) is 2.41. The van der Waals surface area contributed by atoms with E-state index in [0.29, 0.717) is 0 Å². The van der Waals surface area contributed by atoms with Crippen LogP contribution in [0.3, 0.4) is 0 Å². The van der Waals surface area contributed by atoms with Gasteiger partial charge in [-0.1, -0.05) is 6.08 Å². The van der Waals surface area contributed by atoms with Gasteiger partial charge in [0.25, 0.3) is 0 Å². The van der Waals surface area contributed by atoms with Crippen LogP contribution >= 0.6 is 0 Å². The molecular weight excluding hydrogens is 218 g/mol. The molecule has 5 nitrogen and oxygen atoms in total. The largest absolute Gasteiger partial charge is 0.275 e. The highest BCUT2D eigenvalue weighted by atomic mass is 32.2. The third-order valence-corrected chi connectivity index (χ3v) is 3.22. The van der Waals surface area contributed by atoms with Crippen molar-refractivity contribution in [1.82, 2.24) is 4.90 Å². The molecule has 0 fully saturated rings. The van der Waals surface area contributed by atoms with Crippen LogP contribution in [0, 0.1) is 0 Å². The standard InChI is InChI=1S/C9H15NO4S/c1-5-6-9(15(4,13)14)10(7(2)11)8(3)12/h5,9H,1,6H2,2-4H3. The lowest BCUT2D eigenvalue weighted by molar-refractivity contribution is -0.143. The van der Waals surface area contributed by atoms with Gasteiger partial charge in [0.2, 0.25) is 11.8 Å². The van der Waals surface area contributed by atoms with Gasteiger partial charge >= 0.3 is 0 Å². The summed E-state index contributed by atoms with van der Waals surface area (Å²) in [6.07, 6.45) is 2.39. The zero-order valence-electron chi connectivity index (χ0n) is 9.06. The van der Waals surface area contributed by atoms with Crippen molar-refractivity contribution in [2.45, 2.75) is 25.6 Å². The number of hydrogen-bond donors (Lipinski definition) is 0. The summed E-state index contributed by atoms with van der Waals surface area (Å²) in [5, 5.41) is -1.15. The van der Waals surface area contributed by atoms with Crippen molar-refractivity contribution in [3.8, 4) is 0 Å². The van der Waals surface area contributed by atoms with E-state index in [1.165, 1.54) is 6.08 Å². The van der Waals surface area contributed by atoms with Crippen molar-refractivity contribution >= 4 is 21.7 Å². The molecule has 0 saturated heterocycles. The van der Waals surface area contributed by atoms with E-state index in [1.54, 1.807) is 0 Å². The first-order chi connectivity index (χ1) is 6.71. The van der Waals surface area contributed by atoms with E-state index in [-0.39, 0.29) is 6.42 Å². The van der Waals surface area contributed by atoms with Crippen LogP contribution in [0.5, 0.6) is 0 Å². The maximum atomic E-state index is 11.4. The fraction of sp³-hybridized carbons (Fsp3) is 0.556. The Morgan fingerprint density at radius 3 is 1.93 bits per heavy atom. The zero-order chi connectivity index (χ0) is 12.2. The highest BCUT2D eigenvalue weighted by Gasteiger charge is 2.31. The molecule has 0 radical (unpaired) electrons. The molecule has 0 N–H and O–H groups in total. The van der Waals surface area contributed by atoms with Gasteiger partial charge in [0, 0.05) is 26.5 Å². The van der Waals surface area contributed by atoms with Crippen LogP contribution in [0.4, 0.5) is 0 Å². The predicted octanol–water partition coefficient (Wildman–Crippen LogP) is 0.328. The minimum atomic E-state index is -3.50. The van der Waals surface area contributed by atoms with Crippen LogP contribution in [0.15, 0.2) is 12.7 Å². The van der Waals surface area contributed by atoms with Gasteiger partial charge in [-0.2, -0.15) is 0 Å². The van der Waals surface area contributed by atoms with Gasteiger partial charge in [0.1, 0.15) is 5.37 Å². The smallest absolute Gasteiger partial charge is 0.227 e. The summed E-state index contributed by atoms with van der Waals surface area (Å²) in [5.74, 6) is -1.17. The Labute approximate surface area is 89.7 Å². The van der Waals surface area contributed by atoms with Gasteiger partial charge in [-0.15, -0.1) is 6.58 Å². The molecule has 0 aliphatic rings. The number of rotatable bonds is 4. The normalized spacial score (nSPS) is 13.0. The van der Waals surface area contributed by atoms with Crippen LogP contribution in [0.25, 0.3) is 0 Å². The van der Waals surface area contributed by atoms with Crippen molar-refractivity contribution in [3.63, 3.8) is 0 Å². The third kappa shape index (κ3) is 3.83. The molecule has 0 rings (SSSR count). The van der Waals surface area contributed by atoms with Gasteiger partial charge in [0.05, 0.1) is 0 Å². The molecule has 0 bridgehead atoms. The monoisotopic (exact) mass is 233 g/mol. The highest BCUT2D eigenvalue weighted by molar-refractivity contribution is 7.91. The molecule has 0 saturated carbocycles. The summed E-state index contributed by atoms with van der Waals surface area (Å²) < 4.78 is 22.8. The van der Waals surface area contributed by atoms with E-state index in [4.69, 9.17) is 0 Å². The van der Waals surface area contributed by atoms with Crippen molar-refractivity contribution in [2.24, 2.45) is 0 Å². The number of carbonyl (C=O) groups excluding carboxylic acids is 2. The summed E-state index contributed by atoms with van der Waals surface area (Å²) >= 11 is 0. The van der Waals surface area contributed by atoms with E-state index in [0.717, 1.165) is 25.0 Å². The second-order valence-electron chi connectivity index (χ2n) is 3.22. The van der Waals surface area contributed by atoms with Gasteiger partial charge in [-0.05, 0) is 0 Å². The maximum absolute atomic E-state index is 11.4. The highest BCUT2D eigenvalue weighted by Crippen LogP contribution is 2.12. The quantitative estimate of drug-likeness (QED) is 0.656. The van der Waals surface area contributed by atoms with Gasteiger partial charge in [0.15, 0.2) is 9.84 Å². The second-order valence-corrected chi connectivity index (χ2v) is 5.42. The van der Waals surface area contributed by atoms with E-state index in [1.807, 2.05) is 0 Å². The first kappa shape index (κ1) is 13.8. The average Bonchev–Trinajstić information content (AvgIpc) is 2.00. The summed E-state index contributed by atoms with van der Waals surface area (Å²) in [7, 11) is -3.50. The first-order valence-corrected chi connectivity index (χ1v) is 6.27. The van der Waals surface area contributed by atoms with Crippen molar-refractivity contribution < 1.29 is 18.0 Å². The second kappa shape index (κ2) is 5.06. The van der Waals surface area contributed by atoms with Crippen molar-refractivity contribution in [2.75, 3.05) is 6.26 Å². The van der Waals surface area contributed by atoms with E-state index in [9.17, 15) is 18.0 Å². The van der Waals surface area contributed by atoms with Gasteiger partial charge in [-0.3, -0.25) is 14.5 Å². The number of hydrogen-bond acceptors (Lipinski definition) is 4. The molecule has 86 valence electrons. The first-order valence-electron chi connectivity index (χ1n) is 4.32. The van der Waals surface area contributed by atoms with E-state index >= 15 is 0 Å². The molecule has 0 aromatic carbocycles. The van der Waals surface area contributed by atoms with Gasteiger partial charge in [-0.25, -0.2) is 8.42 Å². The summed E-state index contributed by atoms with van der Waals surface area (Å²) in [4.78, 5) is 23.0. The van der Waals surface area contributed by atoms with Crippen molar-refractivity contribution in [1.29, 1.82) is 0 Å². The minimum Gasteiger partial charge on any atom is -0.275 e. The summed E-state index contributed by atoms with van der Waals surface area (Å²) in [5.41, 5.74) is 0. The Bertz CT molecular complexity index is 358. The molecule has 0 aromatic rings. The molecule has 2 amide bonds. The molecule has 6 heteroatoms. The Hall–Kier alpha value is -1.17. The van der Waals surface area contributed by atoms with Gasteiger partial charge < -0.3 is 0 Å². The molecule has 1 atom stereocenters. The van der Waals surface area contributed by atoms with Crippen LogP contribution in [0.2, 0.25) is 0 Å². The Kier molecular flexibility index (Phi) is 4.67. The molecule has 0 heterocycles. The molecule has 0 aliphatic heterocycles. The summed E-state index contributed by atoms with van der Waals surface area (Å²) in [6, 6.07) is 0. The summed E-state index contributed by atoms with van der Waals surface area (Å²) in [6.45, 7) is 5.71. The molecule has 0 aliphatic carbocycles. The molecule has 15 heavy (non-hydrogen) atoms. The van der Waals surface area contributed by atoms with E-state index in [2.05, 4.69) is 6.58 Å². The van der Waals surface area contributed by atoms with Crippen LogP contribution in [-0.2, 0) is 19.4 Å². The molecule has 1 unspecified atom stereocenters. The lowest BCUT2D eigenvalue weighted by atomic mass is 10.3. The molecule has 0 spiro atoms. The lowest BCUT2D eigenvalue weighted by Crippen LogP contribution is -2.46. The topological polar surface area (TPSA) is 71.5 Å². The van der Waals surface area contributed by atoms with Crippen LogP contribution in [0.1, 0.15) is 20.3 Å². The number of nitrogens with zero attached hydrogens (tertiary/aromatic N) is 1. The average molecular weight is 233 g/mol. The number of sulfone groups is 1. The van der Waals surface area contributed by atoms with Crippen LogP contribution in [-0.4, -0.2) is 36.8 Å². The third-order valence-electron chi connectivity index (χ3n) is 1.83. The number of imide groups is 1. The Morgan fingerprint density at radius 1 is 1.33 bits per heavy atom. The number of carbonyl (C=O) groups is 2. The SMILES string of the molecule is C=CCC(N(C(C)=O)C(C)=O)S(C)(=O)=O. The maximum Gasteiger partial charge on any atom is 0.227 e. The Morgan fingerprint density at radius 2 is 1.73 bits per heavy atom. The minimum absolute atomic E-state index is 0.0397. The fourth-order valence-electron chi connectivity index (χ4n) is 1.24. The van der Waals surface area contributed by atoms with E-state index < -0.39 is 27.0 Å². The van der Waals surface area contributed by atoms with Crippen LogP contribution < -0.4 is 0 Å². The van der Waals surface area contributed by atoms with Crippen molar-refractivity contribution in [3.05, 3.63) is 12.7 Å². The number of amides is 2. The molecular formula is C9H15NO4S. The lowest BCUT2D eigenvalue weighted by Gasteiger charge is -2.25. The Balaban J connectivity index is 5.29.